The largest absolute Gasteiger partial charge is 0.490 e. The quantitative estimate of drug-likeness (QED) is 0.326. The molecule has 1 N–H and O–H groups in total. The Morgan fingerprint density at radius 3 is 2.39 bits per heavy atom. The van der Waals surface area contributed by atoms with Crippen LogP contribution in [0.4, 0.5) is 5.69 Å². The first kappa shape index (κ1) is 23.2. The Morgan fingerprint density at radius 2 is 1.77 bits per heavy atom. The number of benzene rings is 2. The van der Waals surface area contributed by atoms with Gasteiger partial charge in [0.25, 0.3) is 11.8 Å². The van der Waals surface area contributed by atoms with Crippen LogP contribution in [-0.4, -0.2) is 30.1 Å². The third-order valence-corrected chi connectivity index (χ3v) is 5.86. The van der Waals surface area contributed by atoms with Gasteiger partial charge in [0.1, 0.15) is 5.57 Å². The Hall–Kier alpha value is -2.42. The second-order valence-corrected chi connectivity index (χ2v) is 8.23. The number of halogens is 2. The van der Waals surface area contributed by atoms with Crippen molar-refractivity contribution in [1.82, 2.24) is 5.32 Å². The number of thiocarbonyl (C=S) groups is 1. The summed E-state index contributed by atoms with van der Waals surface area (Å²) in [4.78, 5) is 27.1. The normalized spacial score (nSPS) is 15.3. The molecule has 1 fully saturated rings. The molecule has 0 unspecified atom stereocenters. The fourth-order valence-electron chi connectivity index (χ4n) is 2.97. The van der Waals surface area contributed by atoms with Gasteiger partial charge in [-0.2, -0.15) is 0 Å². The van der Waals surface area contributed by atoms with E-state index in [2.05, 4.69) is 21.2 Å². The maximum Gasteiger partial charge on any atom is 0.270 e. The number of ether oxygens (including phenoxy) is 2. The zero-order valence-corrected chi connectivity index (χ0v) is 20.3. The molecular formula is C22H20BrClN2O4S. The van der Waals surface area contributed by atoms with Crippen LogP contribution in [0.15, 0.2) is 40.4 Å². The fourth-order valence-corrected chi connectivity index (χ4v) is 3.86. The molecule has 9 heteroatoms. The lowest BCUT2D eigenvalue weighted by Gasteiger charge is -2.29. The van der Waals surface area contributed by atoms with Crippen LogP contribution >= 0.6 is 39.7 Å². The van der Waals surface area contributed by atoms with Gasteiger partial charge in [0, 0.05) is 9.50 Å². The van der Waals surface area contributed by atoms with Gasteiger partial charge >= 0.3 is 0 Å². The zero-order valence-electron chi connectivity index (χ0n) is 17.1. The number of nitrogens with zero attached hydrogens (tertiary/aromatic N) is 1. The van der Waals surface area contributed by atoms with E-state index in [1.54, 1.807) is 30.3 Å². The summed E-state index contributed by atoms with van der Waals surface area (Å²) in [5.74, 6) is -0.0497. The van der Waals surface area contributed by atoms with Crippen LogP contribution in [0.2, 0.25) is 5.02 Å². The summed E-state index contributed by atoms with van der Waals surface area (Å²) >= 11 is 14.9. The molecule has 0 radical (unpaired) electrons. The van der Waals surface area contributed by atoms with Crippen LogP contribution in [0.3, 0.4) is 0 Å². The maximum atomic E-state index is 13.2. The van der Waals surface area contributed by atoms with Crippen molar-refractivity contribution in [2.24, 2.45) is 0 Å². The third kappa shape index (κ3) is 4.92. The first-order valence-corrected chi connectivity index (χ1v) is 11.1. The molecule has 2 aromatic rings. The SMILES string of the molecule is CCOc1cc(Br)c(/C=C2\C(=O)NC(=S)N(c3ccc(C)c(Cl)c3)C2=O)cc1OCC. The molecule has 2 aromatic carbocycles. The Balaban J connectivity index is 2.05. The highest BCUT2D eigenvalue weighted by atomic mass is 79.9. The molecule has 0 aliphatic carbocycles. The summed E-state index contributed by atoms with van der Waals surface area (Å²) in [5, 5.41) is 3.05. The monoisotopic (exact) mass is 522 g/mol. The second kappa shape index (κ2) is 9.80. The zero-order chi connectivity index (χ0) is 22.7. The van der Waals surface area contributed by atoms with E-state index in [-0.39, 0.29) is 10.7 Å². The van der Waals surface area contributed by atoms with Crippen molar-refractivity contribution < 1.29 is 19.1 Å². The predicted octanol–water partition coefficient (Wildman–Crippen LogP) is 5.04. The number of aryl methyl sites for hydroxylation is 1. The van der Waals surface area contributed by atoms with Crippen molar-refractivity contribution in [2.45, 2.75) is 20.8 Å². The average molecular weight is 524 g/mol. The minimum Gasteiger partial charge on any atom is -0.490 e. The van der Waals surface area contributed by atoms with Gasteiger partial charge in [0.2, 0.25) is 0 Å². The molecule has 1 saturated heterocycles. The van der Waals surface area contributed by atoms with E-state index in [1.165, 1.54) is 11.0 Å². The highest BCUT2D eigenvalue weighted by Crippen LogP contribution is 2.35. The Morgan fingerprint density at radius 1 is 1.13 bits per heavy atom. The van der Waals surface area contributed by atoms with Crippen LogP contribution in [0.25, 0.3) is 6.08 Å². The van der Waals surface area contributed by atoms with Gasteiger partial charge < -0.3 is 9.47 Å². The summed E-state index contributed by atoms with van der Waals surface area (Å²) < 4.78 is 11.9. The number of anilines is 1. The molecule has 162 valence electrons. The fraction of sp³-hybridized carbons (Fsp3) is 0.227. The molecule has 0 aromatic heterocycles. The van der Waals surface area contributed by atoms with Crippen LogP contribution in [0.1, 0.15) is 25.0 Å². The van der Waals surface area contributed by atoms with Gasteiger partial charge in [0.05, 0.1) is 18.9 Å². The second-order valence-electron chi connectivity index (χ2n) is 6.58. The first-order valence-electron chi connectivity index (χ1n) is 9.53. The van der Waals surface area contributed by atoms with Gasteiger partial charge in [-0.1, -0.05) is 33.6 Å². The average Bonchev–Trinajstić information content (AvgIpc) is 2.71. The van der Waals surface area contributed by atoms with Crippen LogP contribution in [0, 0.1) is 6.92 Å². The van der Waals surface area contributed by atoms with E-state index >= 15 is 0 Å². The maximum absolute atomic E-state index is 13.2. The lowest BCUT2D eigenvalue weighted by atomic mass is 10.1. The third-order valence-electron chi connectivity index (χ3n) is 4.48. The summed E-state index contributed by atoms with van der Waals surface area (Å²) in [7, 11) is 0. The standard InChI is InChI=1S/C22H20BrClN2O4S/c1-4-29-18-9-13(16(23)11-19(18)30-5-2)8-15-20(27)25-22(31)26(21(15)28)14-7-6-12(3)17(24)10-14/h6-11H,4-5H2,1-3H3,(H,25,27,31)/b15-8+. The molecule has 6 nitrogen and oxygen atoms in total. The molecule has 0 bridgehead atoms. The van der Waals surface area contributed by atoms with Gasteiger partial charge in [-0.25, -0.2) is 0 Å². The molecule has 3 rings (SSSR count). The molecule has 0 saturated carbocycles. The lowest BCUT2D eigenvalue weighted by molar-refractivity contribution is -0.122. The molecule has 0 spiro atoms. The van der Waals surface area contributed by atoms with E-state index in [0.717, 1.165) is 5.56 Å². The van der Waals surface area contributed by atoms with Crippen molar-refractivity contribution in [1.29, 1.82) is 0 Å². The number of carbonyl (C=O) groups is 2. The molecule has 2 amide bonds. The van der Waals surface area contributed by atoms with Crippen LogP contribution in [0.5, 0.6) is 11.5 Å². The highest BCUT2D eigenvalue weighted by Gasteiger charge is 2.34. The number of hydrogen-bond donors (Lipinski definition) is 1. The van der Waals surface area contributed by atoms with Crippen molar-refractivity contribution in [3.63, 3.8) is 0 Å². The van der Waals surface area contributed by atoms with Crippen LogP contribution < -0.4 is 19.7 Å². The van der Waals surface area contributed by atoms with Gasteiger partial charge in [-0.15, -0.1) is 0 Å². The van der Waals surface area contributed by atoms with E-state index < -0.39 is 11.8 Å². The molecule has 31 heavy (non-hydrogen) atoms. The van der Waals surface area contributed by atoms with Crippen molar-refractivity contribution in [2.75, 3.05) is 18.1 Å². The molecule has 1 aliphatic rings. The first-order chi connectivity index (χ1) is 14.8. The Labute approximate surface area is 199 Å². The lowest BCUT2D eigenvalue weighted by Crippen LogP contribution is -2.54. The summed E-state index contributed by atoms with van der Waals surface area (Å²) in [6.07, 6.45) is 1.49. The number of rotatable bonds is 6. The summed E-state index contributed by atoms with van der Waals surface area (Å²) in [5.41, 5.74) is 1.84. The van der Waals surface area contributed by atoms with Crippen LogP contribution in [-0.2, 0) is 9.59 Å². The highest BCUT2D eigenvalue weighted by molar-refractivity contribution is 9.10. The topological polar surface area (TPSA) is 67.9 Å². The van der Waals surface area contributed by atoms with Crippen molar-refractivity contribution in [3.05, 3.63) is 56.5 Å². The van der Waals surface area contributed by atoms with Crippen molar-refractivity contribution >= 4 is 68.4 Å². The minimum absolute atomic E-state index is 0.00663. The summed E-state index contributed by atoms with van der Waals surface area (Å²) in [6, 6.07) is 8.60. The number of hydrogen-bond acceptors (Lipinski definition) is 5. The van der Waals surface area contributed by atoms with Gasteiger partial charge in [0.15, 0.2) is 16.6 Å². The molecular weight excluding hydrogens is 504 g/mol. The smallest absolute Gasteiger partial charge is 0.270 e. The summed E-state index contributed by atoms with van der Waals surface area (Å²) in [6.45, 7) is 6.50. The van der Waals surface area contributed by atoms with E-state index in [4.69, 9.17) is 33.3 Å². The number of nitrogens with one attached hydrogen (secondary N) is 1. The molecule has 1 aliphatic heterocycles. The van der Waals surface area contributed by atoms with E-state index in [0.29, 0.717) is 45.5 Å². The van der Waals surface area contributed by atoms with Crippen molar-refractivity contribution in [3.8, 4) is 11.5 Å². The Kier molecular flexibility index (Phi) is 7.35. The van der Waals surface area contributed by atoms with E-state index in [9.17, 15) is 9.59 Å². The Bertz CT molecular complexity index is 1100. The number of amides is 2. The minimum atomic E-state index is -0.580. The molecule has 1 heterocycles. The number of carbonyl (C=O) groups excluding carboxylic acids is 2. The predicted molar refractivity (Wildman–Crippen MR) is 129 cm³/mol. The molecule has 0 atom stereocenters. The van der Waals surface area contributed by atoms with E-state index in [1.807, 2.05) is 20.8 Å². The van der Waals surface area contributed by atoms with Gasteiger partial charge in [-0.3, -0.25) is 19.8 Å². The van der Waals surface area contributed by atoms with Gasteiger partial charge in [-0.05, 0) is 74.5 Å².